The molecule has 2 heteroatoms. The summed E-state index contributed by atoms with van der Waals surface area (Å²) in [5.74, 6) is 1.53. The molecule has 1 aromatic carbocycles. The molecule has 0 radical (unpaired) electrons. The van der Waals surface area contributed by atoms with E-state index in [9.17, 15) is 5.11 Å². The number of ether oxygens (including phenoxy) is 1. The number of rotatable bonds is 6. The van der Waals surface area contributed by atoms with Gasteiger partial charge in [-0.3, -0.25) is 0 Å². The highest BCUT2D eigenvalue weighted by molar-refractivity contribution is 5.38. The monoisotopic (exact) mass is 236 g/mol. The van der Waals surface area contributed by atoms with Gasteiger partial charge in [0.2, 0.25) is 0 Å². The Balaban J connectivity index is 2.58. The first-order valence-corrected chi connectivity index (χ1v) is 6.42. The van der Waals surface area contributed by atoms with Crippen LogP contribution in [0.1, 0.15) is 50.8 Å². The molecule has 0 aliphatic rings. The number of hydrogen-bond acceptors (Lipinski definition) is 2. The van der Waals surface area contributed by atoms with E-state index in [-0.39, 0.29) is 0 Å². The topological polar surface area (TPSA) is 29.5 Å². The van der Waals surface area contributed by atoms with Gasteiger partial charge in [-0.2, -0.15) is 0 Å². The van der Waals surface area contributed by atoms with Gasteiger partial charge >= 0.3 is 0 Å². The molecule has 0 heterocycles. The summed E-state index contributed by atoms with van der Waals surface area (Å²) in [4.78, 5) is 0. The van der Waals surface area contributed by atoms with Crippen LogP contribution in [0.3, 0.4) is 0 Å². The molecule has 1 N–H and O–H groups in total. The summed E-state index contributed by atoms with van der Waals surface area (Å²) in [5, 5.41) is 9.69. The molecule has 17 heavy (non-hydrogen) atoms. The van der Waals surface area contributed by atoms with Gasteiger partial charge in [-0.15, -0.1) is 0 Å². The summed E-state index contributed by atoms with van der Waals surface area (Å²) in [6, 6.07) is 5.96. The Morgan fingerprint density at radius 1 is 1.24 bits per heavy atom. The van der Waals surface area contributed by atoms with Crippen LogP contribution in [0.4, 0.5) is 0 Å². The van der Waals surface area contributed by atoms with Gasteiger partial charge in [0.1, 0.15) is 5.75 Å². The zero-order valence-electron chi connectivity index (χ0n) is 11.4. The Morgan fingerprint density at radius 3 is 2.53 bits per heavy atom. The highest BCUT2D eigenvalue weighted by Gasteiger charge is 2.09. The highest BCUT2D eigenvalue weighted by Crippen LogP contribution is 2.26. The van der Waals surface area contributed by atoms with Crippen LogP contribution in [-0.2, 0) is 0 Å². The van der Waals surface area contributed by atoms with Crippen molar-refractivity contribution in [2.24, 2.45) is 5.92 Å². The second kappa shape index (κ2) is 6.65. The summed E-state index contributed by atoms with van der Waals surface area (Å²) < 4.78 is 5.74. The summed E-state index contributed by atoms with van der Waals surface area (Å²) in [6.45, 7) is 8.95. The zero-order valence-corrected chi connectivity index (χ0v) is 11.4. The van der Waals surface area contributed by atoms with Crippen LogP contribution in [0.15, 0.2) is 18.2 Å². The molecule has 96 valence electrons. The Hall–Kier alpha value is -1.02. The molecule has 0 aromatic heterocycles. The fraction of sp³-hybridized carbons (Fsp3) is 0.600. The molecule has 1 atom stereocenters. The van der Waals surface area contributed by atoms with Gasteiger partial charge in [-0.05, 0) is 44.7 Å². The van der Waals surface area contributed by atoms with Crippen molar-refractivity contribution < 1.29 is 9.84 Å². The fourth-order valence-corrected chi connectivity index (χ4v) is 1.80. The molecule has 0 bridgehead atoms. The number of benzene rings is 1. The zero-order chi connectivity index (χ0) is 12.8. The smallest absolute Gasteiger partial charge is 0.125 e. The molecule has 0 saturated carbocycles. The van der Waals surface area contributed by atoms with Gasteiger partial charge in [0.15, 0.2) is 0 Å². The standard InChI is InChI=1S/C15H24O2/c1-11(2)6-5-9-17-15-8-7-12(3)10-14(15)13(4)16/h7-8,10-11,13,16H,5-6,9H2,1-4H3/t13-/m0/s1. The van der Waals surface area contributed by atoms with E-state index in [2.05, 4.69) is 13.8 Å². The van der Waals surface area contributed by atoms with Crippen LogP contribution in [0, 0.1) is 12.8 Å². The summed E-state index contributed by atoms with van der Waals surface area (Å²) in [5.41, 5.74) is 2.03. The molecule has 0 unspecified atom stereocenters. The lowest BCUT2D eigenvalue weighted by Gasteiger charge is -2.14. The molecule has 1 rings (SSSR count). The molecule has 0 fully saturated rings. The van der Waals surface area contributed by atoms with Crippen LogP contribution in [0.25, 0.3) is 0 Å². The first-order chi connectivity index (χ1) is 8.00. The third-order valence-electron chi connectivity index (χ3n) is 2.80. The Kier molecular flexibility index (Phi) is 5.49. The van der Waals surface area contributed by atoms with Crippen molar-refractivity contribution in [3.05, 3.63) is 29.3 Å². The van der Waals surface area contributed by atoms with E-state index >= 15 is 0 Å². The van der Waals surface area contributed by atoms with E-state index < -0.39 is 6.10 Å². The number of hydrogen-bond donors (Lipinski definition) is 1. The molecule has 1 aromatic rings. The van der Waals surface area contributed by atoms with Gasteiger partial charge < -0.3 is 9.84 Å². The lowest BCUT2D eigenvalue weighted by molar-refractivity contribution is 0.190. The summed E-state index contributed by atoms with van der Waals surface area (Å²) in [6.07, 6.45) is 1.76. The molecular weight excluding hydrogens is 212 g/mol. The van der Waals surface area contributed by atoms with Crippen molar-refractivity contribution in [3.63, 3.8) is 0 Å². The van der Waals surface area contributed by atoms with Crippen molar-refractivity contribution in [3.8, 4) is 5.75 Å². The molecule has 0 spiro atoms. The van der Waals surface area contributed by atoms with E-state index in [1.165, 1.54) is 6.42 Å². The lowest BCUT2D eigenvalue weighted by atomic mass is 10.1. The van der Waals surface area contributed by atoms with Crippen LogP contribution in [-0.4, -0.2) is 11.7 Å². The first kappa shape index (κ1) is 14.0. The Bertz CT molecular complexity index is 343. The maximum Gasteiger partial charge on any atom is 0.125 e. The van der Waals surface area contributed by atoms with Crippen LogP contribution in [0.5, 0.6) is 5.75 Å². The summed E-state index contributed by atoms with van der Waals surface area (Å²) >= 11 is 0. The Labute approximate surface area is 105 Å². The Morgan fingerprint density at radius 2 is 1.94 bits per heavy atom. The highest BCUT2D eigenvalue weighted by atomic mass is 16.5. The second-order valence-electron chi connectivity index (χ2n) is 5.10. The minimum atomic E-state index is -0.477. The SMILES string of the molecule is Cc1ccc(OCCCC(C)C)c([C@H](C)O)c1. The molecule has 2 nitrogen and oxygen atoms in total. The maximum absolute atomic E-state index is 9.69. The number of aliphatic hydroxyl groups is 1. The van der Waals surface area contributed by atoms with Gasteiger partial charge in [-0.1, -0.05) is 25.5 Å². The van der Waals surface area contributed by atoms with Gasteiger partial charge in [-0.25, -0.2) is 0 Å². The predicted molar refractivity (Wildman–Crippen MR) is 71.4 cm³/mol. The van der Waals surface area contributed by atoms with Crippen LogP contribution < -0.4 is 4.74 Å². The largest absolute Gasteiger partial charge is 0.493 e. The van der Waals surface area contributed by atoms with E-state index in [1.54, 1.807) is 6.92 Å². The van der Waals surface area contributed by atoms with Crippen molar-refractivity contribution >= 4 is 0 Å². The second-order valence-corrected chi connectivity index (χ2v) is 5.10. The van der Waals surface area contributed by atoms with Crippen LogP contribution in [0.2, 0.25) is 0 Å². The van der Waals surface area contributed by atoms with Crippen molar-refractivity contribution in [1.82, 2.24) is 0 Å². The third kappa shape index (κ3) is 4.78. The quantitative estimate of drug-likeness (QED) is 0.760. The van der Waals surface area contributed by atoms with E-state index in [1.807, 2.05) is 25.1 Å². The van der Waals surface area contributed by atoms with Crippen LogP contribution >= 0.6 is 0 Å². The van der Waals surface area contributed by atoms with Gasteiger partial charge in [0.25, 0.3) is 0 Å². The number of aryl methyl sites for hydroxylation is 1. The maximum atomic E-state index is 9.69. The van der Waals surface area contributed by atoms with E-state index in [4.69, 9.17) is 4.74 Å². The molecular formula is C15H24O2. The summed E-state index contributed by atoms with van der Waals surface area (Å²) in [7, 11) is 0. The molecule has 0 aliphatic carbocycles. The lowest BCUT2D eigenvalue weighted by Crippen LogP contribution is -2.03. The van der Waals surface area contributed by atoms with Crippen molar-refractivity contribution in [1.29, 1.82) is 0 Å². The fourth-order valence-electron chi connectivity index (χ4n) is 1.80. The number of aliphatic hydroxyl groups excluding tert-OH is 1. The van der Waals surface area contributed by atoms with E-state index in [0.29, 0.717) is 5.92 Å². The van der Waals surface area contributed by atoms with Crippen molar-refractivity contribution in [2.45, 2.75) is 46.6 Å². The predicted octanol–water partition coefficient (Wildman–Crippen LogP) is 3.86. The average Bonchev–Trinajstić information content (AvgIpc) is 2.25. The third-order valence-corrected chi connectivity index (χ3v) is 2.80. The van der Waals surface area contributed by atoms with Gasteiger partial charge in [0, 0.05) is 5.56 Å². The average molecular weight is 236 g/mol. The normalized spacial score (nSPS) is 12.8. The minimum Gasteiger partial charge on any atom is -0.493 e. The van der Waals surface area contributed by atoms with E-state index in [0.717, 1.165) is 29.9 Å². The minimum absolute atomic E-state index is 0.477. The molecule has 0 saturated heterocycles. The molecule has 0 amide bonds. The first-order valence-electron chi connectivity index (χ1n) is 6.42. The molecule has 0 aliphatic heterocycles. The van der Waals surface area contributed by atoms with Gasteiger partial charge in [0.05, 0.1) is 12.7 Å². The van der Waals surface area contributed by atoms with Crippen molar-refractivity contribution in [2.75, 3.05) is 6.61 Å².